The molecule has 0 bridgehead atoms. The first-order chi connectivity index (χ1) is 3.70. The molecule has 1 fully saturated rings. The van der Waals surface area contributed by atoms with Crippen LogP contribution >= 0.6 is 0 Å². The van der Waals surface area contributed by atoms with Gasteiger partial charge in [0.2, 0.25) is 0 Å². The van der Waals surface area contributed by atoms with Gasteiger partial charge in [0, 0.05) is 0 Å². The Balaban J connectivity index is 2.39. The van der Waals surface area contributed by atoms with E-state index < -0.39 is 12.2 Å². The van der Waals surface area contributed by atoms with Crippen molar-refractivity contribution in [1.29, 1.82) is 0 Å². The zero-order valence-electron chi connectivity index (χ0n) is 5.04. The van der Waals surface area contributed by atoms with Crippen molar-refractivity contribution in [2.45, 2.75) is 32.0 Å². The number of rotatable bonds is 0. The largest absolute Gasteiger partial charge is 0.390 e. The molecule has 2 heteroatoms. The summed E-state index contributed by atoms with van der Waals surface area (Å²) in [5.74, 6) is 0.500. The van der Waals surface area contributed by atoms with E-state index in [-0.39, 0.29) is 0 Å². The molecule has 0 aromatic rings. The summed E-state index contributed by atoms with van der Waals surface area (Å²) in [5, 5.41) is 17.8. The van der Waals surface area contributed by atoms with E-state index in [9.17, 15) is 0 Å². The van der Waals surface area contributed by atoms with E-state index in [1.807, 2.05) is 6.92 Å². The Morgan fingerprint density at radius 3 is 1.62 bits per heavy atom. The van der Waals surface area contributed by atoms with Gasteiger partial charge in [-0.1, -0.05) is 6.92 Å². The summed E-state index contributed by atoms with van der Waals surface area (Å²) in [4.78, 5) is 0. The molecule has 0 spiro atoms. The highest BCUT2D eigenvalue weighted by Gasteiger charge is 2.27. The standard InChI is InChI=1S/C6H12O2/c1-4-2-5(7)6(8)3-4/h4-8H,2-3H2,1H3/t4-,5+,6-. The van der Waals surface area contributed by atoms with E-state index in [1.165, 1.54) is 0 Å². The van der Waals surface area contributed by atoms with Crippen LogP contribution in [-0.2, 0) is 0 Å². The van der Waals surface area contributed by atoms with Crippen LogP contribution in [0.4, 0.5) is 0 Å². The fourth-order valence-electron chi connectivity index (χ4n) is 1.23. The third-order valence-electron chi connectivity index (χ3n) is 1.73. The van der Waals surface area contributed by atoms with Crippen LogP contribution in [0.1, 0.15) is 19.8 Å². The fraction of sp³-hybridized carbons (Fsp3) is 1.00. The topological polar surface area (TPSA) is 40.5 Å². The minimum atomic E-state index is -0.454. The third-order valence-corrected chi connectivity index (χ3v) is 1.73. The van der Waals surface area contributed by atoms with E-state index in [1.54, 1.807) is 0 Å². The van der Waals surface area contributed by atoms with Crippen molar-refractivity contribution in [2.24, 2.45) is 5.92 Å². The Morgan fingerprint density at radius 1 is 1.12 bits per heavy atom. The van der Waals surface area contributed by atoms with Gasteiger partial charge in [-0.15, -0.1) is 0 Å². The molecule has 1 aliphatic rings. The molecule has 0 radical (unpaired) electrons. The maximum atomic E-state index is 8.92. The van der Waals surface area contributed by atoms with Crippen molar-refractivity contribution in [2.75, 3.05) is 0 Å². The molecule has 8 heavy (non-hydrogen) atoms. The molecule has 48 valence electrons. The SMILES string of the molecule is C[C@H]1C[C@@H](O)[C@@H](O)C1. The van der Waals surface area contributed by atoms with Crippen LogP contribution < -0.4 is 0 Å². The second-order valence-corrected chi connectivity index (χ2v) is 2.71. The summed E-state index contributed by atoms with van der Waals surface area (Å²) in [5.41, 5.74) is 0. The highest BCUT2D eigenvalue weighted by atomic mass is 16.3. The van der Waals surface area contributed by atoms with Crippen LogP contribution in [0, 0.1) is 5.92 Å². The van der Waals surface area contributed by atoms with E-state index in [4.69, 9.17) is 10.2 Å². The monoisotopic (exact) mass is 116 g/mol. The molecule has 1 rings (SSSR count). The second kappa shape index (κ2) is 2.03. The molecular weight excluding hydrogens is 104 g/mol. The van der Waals surface area contributed by atoms with Crippen molar-refractivity contribution in [3.63, 3.8) is 0 Å². The van der Waals surface area contributed by atoms with Gasteiger partial charge in [0.15, 0.2) is 0 Å². The van der Waals surface area contributed by atoms with Crippen LogP contribution in [-0.4, -0.2) is 22.4 Å². The predicted molar refractivity (Wildman–Crippen MR) is 30.4 cm³/mol. The molecule has 0 amide bonds. The lowest BCUT2D eigenvalue weighted by atomic mass is 10.1. The van der Waals surface area contributed by atoms with Crippen LogP contribution in [0.25, 0.3) is 0 Å². The Morgan fingerprint density at radius 2 is 1.50 bits per heavy atom. The van der Waals surface area contributed by atoms with Crippen LogP contribution in [0.3, 0.4) is 0 Å². The quantitative estimate of drug-likeness (QED) is 0.472. The molecule has 1 aliphatic carbocycles. The summed E-state index contributed by atoms with van der Waals surface area (Å²) in [7, 11) is 0. The van der Waals surface area contributed by atoms with Gasteiger partial charge in [-0.05, 0) is 18.8 Å². The lowest BCUT2D eigenvalue weighted by molar-refractivity contribution is 0.0438. The normalized spacial score (nSPS) is 47.6. The maximum Gasteiger partial charge on any atom is 0.0801 e. The van der Waals surface area contributed by atoms with Crippen molar-refractivity contribution < 1.29 is 10.2 Å². The molecule has 3 atom stereocenters. The highest BCUT2D eigenvalue weighted by molar-refractivity contribution is 4.79. The molecule has 0 unspecified atom stereocenters. The number of aliphatic hydroxyl groups is 2. The Labute approximate surface area is 49.1 Å². The van der Waals surface area contributed by atoms with E-state index in [0.717, 1.165) is 12.8 Å². The molecule has 1 saturated carbocycles. The summed E-state index contributed by atoms with van der Waals surface area (Å²) in [6.45, 7) is 2.04. The van der Waals surface area contributed by atoms with Crippen LogP contribution in [0.15, 0.2) is 0 Å². The summed E-state index contributed by atoms with van der Waals surface area (Å²) in [6, 6.07) is 0. The van der Waals surface area contributed by atoms with Crippen molar-refractivity contribution in [3.8, 4) is 0 Å². The molecule has 2 nitrogen and oxygen atoms in total. The average Bonchev–Trinajstić information content (AvgIpc) is 1.85. The maximum absolute atomic E-state index is 8.92. The summed E-state index contributed by atoms with van der Waals surface area (Å²) in [6.07, 6.45) is 0.623. The van der Waals surface area contributed by atoms with Crippen molar-refractivity contribution >= 4 is 0 Å². The van der Waals surface area contributed by atoms with Gasteiger partial charge >= 0.3 is 0 Å². The molecule has 0 aliphatic heterocycles. The van der Waals surface area contributed by atoms with Gasteiger partial charge < -0.3 is 10.2 Å². The number of aliphatic hydroxyl groups excluding tert-OH is 2. The molecule has 0 saturated heterocycles. The lowest BCUT2D eigenvalue weighted by Crippen LogP contribution is -2.17. The Kier molecular flexibility index (Phi) is 1.54. The highest BCUT2D eigenvalue weighted by Crippen LogP contribution is 2.24. The molecule has 0 aromatic carbocycles. The third kappa shape index (κ3) is 1.01. The fourth-order valence-corrected chi connectivity index (χ4v) is 1.23. The molecule has 2 N–H and O–H groups in total. The van der Waals surface area contributed by atoms with E-state index in [2.05, 4.69) is 0 Å². The first-order valence-electron chi connectivity index (χ1n) is 3.06. The summed E-state index contributed by atoms with van der Waals surface area (Å²) < 4.78 is 0. The van der Waals surface area contributed by atoms with Crippen molar-refractivity contribution in [3.05, 3.63) is 0 Å². The van der Waals surface area contributed by atoms with Crippen LogP contribution in [0.2, 0.25) is 0 Å². The van der Waals surface area contributed by atoms with Gasteiger partial charge in [0.1, 0.15) is 0 Å². The van der Waals surface area contributed by atoms with E-state index in [0.29, 0.717) is 5.92 Å². The zero-order chi connectivity index (χ0) is 6.15. The predicted octanol–water partition coefficient (Wildman–Crippen LogP) is 0.138. The van der Waals surface area contributed by atoms with Crippen LogP contribution in [0.5, 0.6) is 0 Å². The lowest BCUT2D eigenvalue weighted by Gasteiger charge is -2.03. The average molecular weight is 116 g/mol. The minimum absolute atomic E-state index is 0.454. The first-order valence-corrected chi connectivity index (χ1v) is 3.06. The van der Waals surface area contributed by atoms with E-state index >= 15 is 0 Å². The smallest absolute Gasteiger partial charge is 0.0801 e. The number of hydrogen-bond acceptors (Lipinski definition) is 2. The van der Waals surface area contributed by atoms with Gasteiger partial charge in [-0.25, -0.2) is 0 Å². The summed E-state index contributed by atoms with van der Waals surface area (Å²) >= 11 is 0. The molecule has 0 heterocycles. The molecule has 0 aromatic heterocycles. The molecular formula is C6H12O2. The van der Waals surface area contributed by atoms with Gasteiger partial charge in [0.05, 0.1) is 12.2 Å². The second-order valence-electron chi connectivity index (χ2n) is 2.71. The van der Waals surface area contributed by atoms with Gasteiger partial charge in [-0.2, -0.15) is 0 Å². The van der Waals surface area contributed by atoms with Gasteiger partial charge in [0.25, 0.3) is 0 Å². The minimum Gasteiger partial charge on any atom is -0.390 e. The Hall–Kier alpha value is -0.0800. The zero-order valence-corrected chi connectivity index (χ0v) is 5.04. The van der Waals surface area contributed by atoms with Gasteiger partial charge in [-0.3, -0.25) is 0 Å². The number of hydrogen-bond donors (Lipinski definition) is 2. The Bertz CT molecular complexity index is 72.6. The van der Waals surface area contributed by atoms with Crippen molar-refractivity contribution in [1.82, 2.24) is 0 Å². The first kappa shape index (κ1) is 6.05.